The third-order valence-corrected chi connectivity index (χ3v) is 5.73. The van der Waals surface area contributed by atoms with Crippen molar-refractivity contribution in [3.8, 4) is 0 Å². The Bertz CT molecular complexity index is 964. The lowest BCUT2D eigenvalue weighted by Crippen LogP contribution is -2.53. The molecule has 1 aliphatic heterocycles. The number of hydrogen-bond donors (Lipinski definition) is 1. The number of rotatable bonds is 3. The molecule has 0 radical (unpaired) electrons. The predicted molar refractivity (Wildman–Crippen MR) is 111 cm³/mol. The predicted octanol–water partition coefficient (Wildman–Crippen LogP) is 4.10. The molecule has 0 saturated carbocycles. The number of benzene rings is 2. The average molecular weight is 361 g/mol. The molecule has 0 aliphatic carbocycles. The molecule has 4 heteroatoms. The number of amides is 1. The number of anilines is 1. The van der Waals surface area contributed by atoms with E-state index in [1.165, 1.54) is 11.3 Å². The molecule has 3 aromatic rings. The summed E-state index contributed by atoms with van der Waals surface area (Å²) >= 11 is 0. The van der Waals surface area contributed by atoms with Crippen molar-refractivity contribution in [3.05, 3.63) is 65.9 Å². The molecule has 1 N–H and O–H groups in total. The number of hydrogen-bond acceptors (Lipinski definition) is 2. The van der Waals surface area contributed by atoms with Crippen LogP contribution < -0.4 is 4.90 Å². The smallest absolute Gasteiger partial charge is 0.232 e. The number of nitrogens with one attached hydrogen (secondary N) is 1. The lowest BCUT2D eigenvalue weighted by atomic mass is 9.82. The molecule has 0 bridgehead atoms. The minimum Gasteiger partial charge on any atom is -0.368 e. The molecule has 0 unspecified atom stereocenters. The van der Waals surface area contributed by atoms with Crippen molar-refractivity contribution in [3.63, 3.8) is 0 Å². The van der Waals surface area contributed by atoms with Crippen molar-refractivity contribution in [2.75, 3.05) is 31.1 Å². The van der Waals surface area contributed by atoms with Gasteiger partial charge in [0.05, 0.1) is 5.41 Å². The number of fused-ring (bicyclic) bond motifs is 1. The molecule has 4 rings (SSSR count). The lowest BCUT2D eigenvalue weighted by molar-refractivity contribution is -0.136. The summed E-state index contributed by atoms with van der Waals surface area (Å²) in [6.07, 6.45) is 1.99. The summed E-state index contributed by atoms with van der Waals surface area (Å²) in [6, 6.07) is 16.8. The Kier molecular flexibility index (Phi) is 4.42. The molecule has 1 amide bonds. The van der Waals surface area contributed by atoms with Gasteiger partial charge in [0.2, 0.25) is 5.91 Å². The van der Waals surface area contributed by atoms with Crippen molar-refractivity contribution in [1.29, 1.82) is 0 Å². The molecule has 1 fully saturated rings. The van der Waals surface area contributed by atoms with Crippen molar-refractivity contribution in [2.24, 2.45) is 0 Å². The number of aromatic nitrogens is 1. The van der Waals surface area contributed by atoms with Gasteiger partial charge in [-0.05, 0) is 50.1 Å². The number of para-hydroxylation sites is 1. The third kappa shape index (κ3) is 3.20. The fourth-order valence-corrected chi connectivity index (χ4v) is 4.09. The molecule has 4 nitrogen and oxygen atoms in total. The quantitative estimate of drug-likeness (QED) is 0.763. The fraction of sp³-hybridized carbons (Fsp3) is 0.348. The standard InChI is InChI=1S/C23H27N3O/c1-17-7-6-8-18(15-17)25-11-13-26(14-12-25)22(27)23(2,3)20-16-24-21-10-5-4-9-19(20)21/h4-10,15-16,24H,11-14H2,1-3H3. The second-order valence-corrected chi connectivity index (χ2v) is 7.99. The van der Waals surface area contributed by atoms with E-state index in [0.717, 1.165) is 42.6 Å². The maximum atomic E-state index is 13.4. The van der Waals surface area contributed by atoms with Gasteiger partial charge in [-0.25, -0.2) is 0 Å². The first kappa shape index (κ1) is 17.7. The maximum Gasteiger partial charge on any atom is 0.232 e. The van der Waals surface area contributed by atoms with Crippen molar-refractivity contribution in [1.82, 2.24) is 9.88 Å². The van der Waals surface area contributed by atoms with Gasteiger partial charge in [0.25, 0.3) is 0 Å². The van der Waals surface area contributed by atoms with Crippen LogP contribution in [0.4, 0.5) is 5.69 Å². The van der Waals surface area contributed by atoms with Gasteiger partial charge in [0, 0.05) is 49.0 Å². The molecular formula is C23H27N3O. The van der Waals surface area contributed by atoms with E-state index in [9.17, 15) is 4.79 Å². The first-order valence-electron chi connectivity index (χ1n) is 9.64. The third-order valence-electron chi connectivity index (χ3n) is 5.73. The number of aromatic amines is 1. The molecule has 1 aliphatic rings. The Morgan fingerprint density at radius 1 is 1.00 bits per heavy atom. The van der Waals surface area contributed by atoms with Gasteiger partial charge in [0.15, 0.2) is 0 Å². The summed E-state index contributed by atoms with van der Waals surface area (Å²) in [4.78, 5) is 21.1. The number of aryl methyl sites for hydroxylation is 1. The van der Waals surface area contributed by atoms with E-state index in [-0.39, 0.29) is 5.91 Å². The summed E-state index contributed by atoms with van der Waals surface area (Å²) in [5.74, 6) is 0.205. The number of carbonyl (C=O) groups excluding carboxylic acids is 1. The highest BCUT2D eigenvalue weighted by atomic mass is 16.2. The van der Waals surface area contributed by atoms with Crippen LogP contribution >= 0.6 is 0 Å². The summed E-state index contributed by atoms with van der Waals surface area (Å²) in [7, 11) is 0. The van der Waals surface area contributed by atoms with E-state index in [2.05, 4.69) is 53.2 Å². The van der Waals surface area contributed by atoms with Gasteiger partial charge >= 0.3 is 0 Å². The SMILES string of the molecule is Cc1cccc(N2CCN(C(=O)C(C)(C)c3c[nH]c4ccccc34)CC2)c1. The largest absolute Gasteiger partial charge is 0.368 e. The molecule has 0 spiro atoms. The molecular weight excluding hydrogens is 334 g/mol. The van der Waals surface area contributed by atoms with Crippen LogP contribution in [0, 0.1) is 6.92 Å². The Labute approximate surface area is 160 Å². The Balaban J connectivity index is 1.50. The van der Waals surface area contributed by atoms with E-state index in [1.807, 2.05) is 37.1 Å². The van der Waals surface area contributed by atoms with Gasteiger partial charge in [-0.2, -0.15) is 0 Å². The molecule has 140 valence electrons. The first-order chi connectivity index (χ1) is 13.0. The van der Waals surface area contributed by atoms with Crippen LogP contribution in [0.2, 0.25) is 0 Å². The maximum absolute atomic E-state index is 13.4. The minimum atomic E-state index is -0.550. The van der Waals surface area contributed by atoms with Crippen molar-refractivity contribution in [2.45, 2.75) is 26.2 Å². The normalized spacial score (nSPS) is 15.4. The number of H-pyrrole nitrogens is 1. The molecule has 0 atom stereocenters. The number of piperazine rings is 1. The molecule has 1 aromatic heterocycles. The Hall–Kier alpha value is -2.75. The molecule has 2 heterocycles. The molecule has 27 heavy (non-hydrogen) atoms. The van der Waals surface area contributed by atoms with Crippen LogP contribution in [-0.2, 0) is 10.2 Å². The fourth-order valence-electron chi connectivity index (χ4n) is 4.09. The van der Waals surface area contributed by atoms with Crippen LogP contribution in [0.15, 0.2) is 54.7 Å². The van der Waals surface area contributed by atoms with E-state index in [0.29, 0.717) is 0 Å². The highest BCUT2D eigenvalue weighted by Crippen LogP contribution is 2.32. The Morgan fingerprint density at radius 3 is 2.48 bits per heavy atom. The second kappa shape index (κ2) is 6.76. The summed E-state index contributed by atoms with van der Waals surface area (Å²) in [5, 5.41) is 1.13. The Morgan fingerprint density at radius 2 is 1.74 bits per heavy atom. The highest BCUT2D eigenvalue weighted by Gasteiger charge is 2.36. The van der Waals surface area contributed by atoms with Gasteiger partial charge < -0.3 is 14.8 Å². The minimum absolute atomic E-state index is 0.205. The topological polar surface area (TPSA) is 39.3 Å². The van der Waals surface area contributed by atoms with Crippen LogP contribution in [-0.4, -0.2) is 42.0 Å². The lowest BCUT2D eigenvalue weighted by Gasteiger charge is -2.39. The summed E-state index contributed by atoms with van der Waals surface area (Å²) in [6.45, 7) is 9.47. The van der Waals surface area contributed by atoms with Gasteiger partial charge in [-0.15, -0.1) is 0 Å². The molecule has 1 saturated heterocycles. The van der Waals surface area contributed by atoms with Gasteiger partial charge in [-0.3, -0.25) is 4.79 Å². The number of carbonyl (C=O) groups is 1. The zero-order chi connectivity index (χ0) is 19.0. The zero-order valence-corrected chi connectivity index (χ0v) is 16.3. The number of nitrogens with zero attached hydrogens (tertiary/aromatic N) is 2. The van der Waals surface area contributed by atoms with Gasteiger partial charge in [0.1, 0.15) is 0 Å². The zero-order valence-electron chi connectivity index (χ0n) is 16.3. The van der Waals surface area contributed by atoms with E-state index < -0.39 is 5.41 Å². The van der Waals surface area contributed by atoms with Crippen LogP contribution in [0.5, 0.6) is 0 Å². The first-order valence-corrected chi connectivity index (χ1v) is 9.64. The van der Waals surface area contributed by atoms with E-state index >= 15 is 0 Å². The van der Waals surface area contributed by atoms with Crippen LogP contribution in [0.25, 0.3) is 10.9 Å². The summed E-state index contributed by atoms with van der Waals surface area (Å²) in [5.41, 5.74) is 4.12. The van der Waals surface area contributed by atoms with Crippen molar-refractivity contribution < 1.29 is 4.79 Å². The summed E-state index contributed by atoms with van der Waals surface area (Å²) < 4.78 is 0. The van der Waals surface area contributed by atoms with E-state index in [4.69, 9.17) is 0 Å². The molecule has 2 aromatic carbocycles. The van der Waals surface area contributed by atoms with Gasteiger partial charge in [-0.1, -0.05) is 30.3 Å². The van der Waals surface area contributed by atoms with Crippen LogP contribution in [0.1, 0.15) is 25.0 Å². The van der Waals surface area contributed by atoms with Crippen LogP contribution in [0.3, 0.4) is 0 Å². The highest BCUT2D eigenvalue weighted by molar-refractivity contribution is 5.94. The second-order valence-electron chi connectivity index (χ2n) is 7.99. The monoisotopic (exact) mass is 361 g/mol. The average Bonchev–Trinajstić information content (AvgIpc) is 3.12. The van der Waals surface area contributed by atoms with Crippen molar-refractivity contribution >= 4 is 22.5 Å². The van der Waals surface area contributed by atoms with E-state index in [1.54, 1.807) is 0 Å².